The lowest BCUT2D eigenvalue weighted by atomic mass is 10.1. The number of nitrogen functional groups attached to an aromatic ring is 1. The molecular formula is C8H11N3O. The van der Waals surface area contributed by atoms with Gasteiger partial charge in [-0.2, -0.15) is 0 Å². The summed E-state index contributed by atoms with van der Waals surface area (Å²) in [7, 11) is 0. The van der Waals surface area contributed by atoms with E-state index in [4.69, 9.17) is 5.73 Å². The fourth-order valence-electron chi connectivity index (χ4n) is 1.17. The van der Waals surface area contributed by atoms with E-state index in [0.717, 1.165) is 0 Å². The van der Waals surface area contributed by atoms with Crippen LogP contribution in [0.3, 0.4) is 0 Å². The molecule has 4 nitrogen and oxygen atoms in total. The van der Waals surface area contributed by atoms with Crippen molar-refractivity contribution in [1.82, 2.24) is 9.97 Å². The topological polar surface area (TPSA) is 68.9 Å². The van der Waals surface area contributed by atoms with Crippen LogP contribution in [0.4, 0.5) is 5.82 Å². The average Bonchev–Trinajstić information content (AvgIpc) is 1.82. The zero-order valence-electron chi connectivity index (χ0n) is 7.38. The first-order valence-electron chi connectivity index (χ1n) is 3.64. The van der Waals surface area contributed by atoms with Gasteiger partial charge >= 0.3 is 0 Å². The van der Waals surface area contributed by atoms with Gasteiger partial charge in [0.2, 0.25) is 0 Å². The fourth-order valence-corrected chi connectivity index (χ4v) is 1.17. The fraction of sp³-hybridized carbons (Fsp3) is 0.375. The maximum Gasteiger partial charge on any atom is 0.165 e. The third-order valence-electron chi connectivity index (χ3n) is 1.58. The molecule has 1 rings (SSSR count). The second-order valence-corrected chi connectivity index (χ2v) is 2.67. The van der Waals surface area contributed by atoms with E-state index in [9.17, 15) is 4.79 Å². The maximum absolute atomic E-state index is 11.0. The molecule has 1 heterocycles. The van der Waals surface area contributed by atoms with Crippen molar-refractivity contribution in [3.05, 3.63) is 17.1 Å². The third-order valence-corrected chi connectivity index (χ3v) is 1.58. The summed E-state index contributed by atoms with van der Waals surface area (Å²) in [5.74, 6) is 0.771. The predicted octanol–water partition coefficient (Wildman–Crippen LogP) is 0.878. The van der Waals surface area contributed by atoms with Crippen LogP contribution in [0.1, 0.15) is 28.8 Å². The summed E-state index contributed by atoms with van der Waals surface area (Å²) < 4.78 is 0. The Bertz CT molecular complexity index is 310. The Labute approximate surface area is 70.8 Å². The van der Waals surface area contributed by atoms with Gasteiger partial charge in [0.1, 0.15) is 11.6 Å². The first-order valence-corrected chi connectivity index (χ1v) is 3.64. The highest BCUT2D eigenvalue weighted by atomic mass is 16.1. The number of Topliss-reactive ketones (excluding diaryl/α,β-unsaturated/α-hetero) is 1. The van der Waals surface area contributed by atoms with Gasteiger partial charge in [0, 0.05) is 0 Å². The van der Waals surface area contributed by atoms with Crippen LogP contribution < -0.4 is 5.73 Å². The number of hydrogen-bond acceptors (Lipinski definition) is 4. The molecular weight excluding hydrogens is 154 g/mol. The first-order chi connectivity index (χ1) is 5.52. The summed E-state index contributed by atoms with van der Waals surface area (Å²) in [6.45, 7) is 4.95. The smallest absolute Gasteiger partial charge is 0.165 e. The second kappa shape index (κ2) is 2.89. The minimum atomic E-state index is -0.0926. The standard InChI is InChI=1S/C8H11N3O/c1-4-7(5(2)12)8(9)11-6(3)10-4/h1-3H3,(H2,9,10,11). The third kappa shape index (κ3) is 1.42. The number of hydrogen-bond donors (Lipinski definition) is 1. The lowest BCUT2D eigenvalue weighted by Gasteiger charge is -2.04. The highest BCUT2D eigenvalue weighted by Crippen LogP contribution is 2.12. The van der Waals surface area contributed by atoms with Gasteiger partial charge in [0.25, 0.3) is 0 Å². The number of carbonyl (C=O) groups is 1. The van der Waals surface area contributed by atoms with E-state index in [0.29, 0.717) is 17.1 Å². The molecule has 0 fully saturated rings. The van der Waals surface area contributed by atoms with Gasteiger partial charge in [0.05, 0.1) is 11.3 Å². The van der Waals surface area contributed by atoms with Crippen molar-refractivity contribution in [1.29, 1.82) is 0 Å². The van der Waals surface area contributed by atoms with Crippen molar-refractivity contribution in [3.63, 3.8) is 0 Å². The van der Waals surface area contributed by atoms with Crippen LogP contribution in [0.25, 0.3) is 0 Å². The molecule has 64 valence electrons. The summed E-state index contributed by atoms with van der Waals surface area (Å²) >= 11 is 0. The van der Waals surface area contributed by atoms with Gasteiger partial charge in [-0.1, -0.05) is 0 Å². The van der Waals surface area contributed by atoms with Gasteiger partial charge in [-0.3, -0.25) is 4.79 Å². The Morgan fingerprint density at radius 3 is 2.33 bits per heavy atom. The molecule has 0 spiro atoms. The monoisotopic (exact) mass is 165 g/mol. The van der Waals surface area contributed by atoms with Crippen molar-refractivity contribution in [2.24, 2.45) is 0 Å². The molecule has 0 unspecified atom stereocenters. The molecule has 0 aliphatic carbocycles. The molecule has 1 aromatic heterocycles. The number of nitrogens with two attached hydrogens (primary N) is 1. The Hall–Kier alpha value is -1.45. The van der Waals surface area contributed by atoms with Crippen molar-refractivity contribution < 1.29 is 4.79 Å². The van der Waals surface area contributed by atoms with Gasteiger partial charge in [-0.25, -0.2) is 9.97 Å². The Kier molecular flexibility index (Phi) is 2.08. The molecule has 2 N–H and O–H groups in total. The number of rotatable bonds is 1. The number of aromatic nitrogens is 2. The average molecular weight is 165 g/mol. The molecule has 0 aliphatic heterocycles. The molecule has 0 saturated carbocycles. The van der Waals surface area contributed by atoms with Crippen molar-refractivity contribution >= 4 is 11.6 Å². The van der Waals surface area contributed by atoms with Gasteiger partial charge in [-0.15, -0.1) is 0 Å². The molecule has 0 bridgehead atoms. The number of ketones is 1. The molecule has 4 heteroatoms. The summed E-state index contributed by atoms with van der Waals surface area (Å²) in [4.78, 5) is 19.0. The van der Waals surface area contributed by atoms with Crippen LogP contribution in [-0.2, 0) is 0 Å². The number of anilines is 1. The zero-order valence-corrected chi connectivity index (χ0v) is 7.38. The summed E-state index contributed by atoms with van der Waals surface area (Å²) in [6.07, 6.45) is 0. The molecule has 0 amide bonds. The van der Waals surface area contributed by atoms with Crippen LogP contribution in [0.15, 0.2) is 0 Å². The number of nitrogens with zero attached hydrogens (tertiary/aromatic N) is 2. The van der Waals surface area contributed by atoms with Crippen molar-refractivity contribution in [3.8, 4) is 0 Å². The van der Waals surface area contributed by atoms with Crippen LogP contribution in [-0.4, -0.2) is 15.8 Å². The van der Waals surface area contributed by atoms with Crippen molar-refractivity contribution in [2.75, 3.05) is 5.73 Å². The molecule has 1 aromatic rings. The minimum Gasteiger partial charge on any atom is -0.383 e. The summed E-state index contributed by atoms with van der Waals surface area (Å²) in [5, 5.41) is 0. The van der Waals surface area contributed by atoms with E-state index in [-0.39, 0.29) is 11.6 Å². The Morgan fingerprint density at radius 2 is 1.92 bits per heavy atom. The van der Waals surface area contributed by atoms with Gasteiger partial charge in [-0.05, 0) is 20.8 Å². The van der Waals surface area contributed by atoms with E-state index in [1.807, 2.05) is 0 Å². The molecule has 0 saturated heterocycles. The van der Waals surface area contributed by atoms with Crippen LogP contribution in [0.5, 0.6) is 0 Å². The van der Waals surface area contributed by atoms with Gasteiger partial charge < -0.3 is 5.73 Å². The predicted molar refractivity (Wildman–Crippen MR) is 45.9 cm³/mol. The Balaban J connectivity index is 3.38. The molecule has 0 aliphatic rings. The number of aryl methyl sites for hydroxylation is 2. The molecule has 0 atom stereocenters. The van der Waals surface area contributed by atoms with E-state index >= 15 is 0 Å². The van der Waals surface area contributed by atoms with Crippen LogP contribution in [0.2, 0.25) is 0 Å². The highest BCUT2D eigenvalue weighted by molar-refractivity contribution is 5.99. The van der Waals surface area contributed by atoms with E-state index in [1.165, 1.54) is 6.92 Å². The number of carbonyl (C=O) groups excluding carboxylic acids is 1. The molecule has 12 heavy (non-hydrogen) atoms. The van der Waals surface area contributed by atoms with Crippen LogP contribution in [0, 0.1) is 13.8 Å². The second-order valence-electron chi connectivity index (χ2n) is 2.67. The maximum atomic E-state index is 11.0. The summed E-state index contributed by atoms with van der Waals surface area (Å²) in [6, 6.07) is 0. The van der Waals surface area contributed by atoms with Crippen molar-refractivity contribution in [2.45, 2.75) is 20.8 Å². The Morgan fingerprint density at radius 1 is 1.33 bits per heavy atom. The van der Waals surface area contributed by atoms with E-state index in [2.05, 4.69) is 9.97 Å². The lowest BCUT2D eigenvalue weighted by molar-refractivity contribution is 0.101. The van der Waals surface area contributed by atoms with Gasteiger partial charge in [0.15, 0.2) is 5.78 Å². The van der Waals surface area contributed by atoms with E-state index in [1.54, 1.807) is 13.8 Å². The summed E-state index contributed by atoms with van der Waals surface area (Å²) in [5.41, 5.74) is 6.63. The molecule has 0 radical (unpaired) electrons. The first kappa shape index (κ1) is 8.64. The lowest BCUT2D eigenvalue weighted by Crippen LogP contribution is -2.08. The van der Waals surface area contributed by atoms with Crippen LogP contribution >= 0.6 is 0 Å². The molecule has 0 aromatic carbocycles. The zero-order chi connectivity index (χ0) is 9.30. The SMILES string of the molecule is CC(=O)c1c(C)nc(C)nc1N. The highest BCUT2D eigenvalue weighted by Gasteiger charge is 2.10. The minimum absolute atomic E-state index is 0.0926. The quantitative estimate of drug-likeness (QED) is 0.627. The van der Waals surface area contributed by atoms with E-state index < -0.39 is 0 Å². The normalized spacial score (nSPS) is 9.92. The largest absolute Gasteiger partial charge is 0.383 e.